The lowest BCUT2D eigenvalue weighted by Gasteiger charge is -2.26. The molecule has 5 rings (SSSR count). The van der Waals surface area contributed by atoms with Crippen LogP contribution < -0.4 is 9.62 Å². The minimum absolute atomic E-state index is 0.0641. The summed E-state index contributed by atoms with van der Waals surface area (Å²) in [4.78, 5) is 13.2. The molecule has 0 saturated heterocycles. The van der Waals surface area contributed by atoms with Crippen LogP contribution in [0, 0.1) is 0 Å². The zero-order valence-corrected chi connectivity index (χ0v) is 20.8. The van der Waals surface area contributed by atoms with Gasteiger partial charge in [0.2, 0.25) is 5.91 Å². The third kappa shape index (κ3) is 5.02. The molecule has 0 unspecified atom stereocenters. The molecule has 1 atom stereocenters. The van der Waals surface area contributed by atoms with Crippen molar-refractivity contribution < 1.29 is 26.4 Å². The molecule has 1 amide bonds. The Morgan fingerprint density at radius 3 is 2.24 bits per heavy atom. The molecular formula is C29H23F3N2O3S. The van der Waals surface area contributed by atoms with Gasteiger partial charge in [0.25, 0.3) is 10.0 Å². The van der Waals surface area contributed by atoms with Crippen LogP contribution in [0.4, 0.5) is 18.9 Å². The van der Waals surface area contributed by atoms with Gasteiger partial charge in [0, 0.05) is 13.0 Å². The Kier molecular flexibility index (Phi) is 6.71. The van der Waals surface area contributed by atoms with Crippen LogP contribution >= 0.6 is 0 Å². The molecule has 0 fully saturated rings. The number of para-hydroxylation sites is 1. The maximum atomic E-state index is 13.8. The molecule has 9 heteroatoms. The highest BCUT2D eigenvalue weighted by Crippen LogP contribution is 2.38. The molecule has 1 N–H and O–H groups in total. The van der Waals surface area contributed by atoms with E-state index in [-0.39, 0.29) is 17.9 Å². The molecule has 0 radical (unpaired) electrons. The standard InChI is InChI=1S/C29H23F3N2O3S/c30-29(31,32)24-11-6-10-22(17-24)21-13-15-25(16-14-21)38(36,37)34-26-12-5-4-9-23(26)18-27(34)28(35)33-19-20-7-2-1-3-8-20/h1-17,27H,18-19H2,(H,33,35)/t27-/m0/s1. The van der Waals surface area contributed by atoms with E-state index in [0.717, 1.165) is 27.6 Å². The number of amides is 1. The number of hydrogen-bond donors (Lipinski definition) is 1. The first-order valence-corrected chi connectivity index (χ1v) is 13.3. The van der Waals surface area contributed by atoms with Gasteiger partial charge >= 0.3 is 6.18 Å². The number of alkyl halides is 3. The SMILES string of the molecule is O=C(NCc1ccccc1)[C@@H]1Cc2ccccc2N1S(=O)(=O)c1ccc(-c2cccc(C(F)(F)F)c2)cc1. The van der Waals surface area contributed by atoms with Crippen molar-refractivity contribution >= 4 is 21.6 Å². The van der Waals surface area contributed by atoms with E-state index in [9.17, 15) is 26.4 Å². The van der Waals surface area contributed by atoms with Crippen LogP contribution in [0.15, 0.2) is 108 Å². The molecule has 5 nitrogen and oxygen atoms in total. The van der Waals surface area contributed by atoms with Crippen molar-refractivity contribution in [1.29, 1.82) is 0 Å². The lowest BCUT2D eigenvalue weighted by Crippen LogP contribution is -2.47. The molecule has 38 heavy (non-hydrogen) atoms. The van der Waals surface area contributed by atoms with Gasteiger partial charge in [-0.3, -0.25) is 9.10 Å². The zero-order valence-electron chi connectivity index (χ0n) is 20.0. The summed E-state index contributed by atoms with van der Waals surface area (Å²) in [5, 5.41) is 2.84. The van der Waals surface area contributed by atoms with Crippen LogP contribution in [0.5, 0.6) is 0 Å². The summed E-state index contributed by atoms with van der Waals surface area (Å²) in [6.45, 7) is 0.256. The molecule has 0 aliphatic carbocycles. The molecule has 0 bridgehead atoms. The van der Waals surface area contributed by atoms with Gasteiger partial charge in [-0.05, 0) is 52.6 Å². The smallest absolute Gasteiger partial charge is 0.350 e. The highest BCUT2D eigenvalue weighted by molar-refractivity contribution is 7.93. The summed E-state index contributed by atoms with van der Waals surface area (Å²) in [5.41, 5.74) is 2.01. The van der Waals surface area contributed by atoms with Crippen molar-refractivity contribution in [2.75, 3.05) is 4.31 Å². The van der Waals surface area contributed by atoms with E-state index in [0.29, 0.717) is 16.8 Å². The second-order valence-corrected chi connectivity index (χ2v) is 10.8. The Labute approximate surface area is 218 Å². The van der Waals surface area contributed by atoms with Crippen LogP contribution in [0.2, 0.25) is 0 Å². The number of carbonyl (C=O) groups is 1. The third-order valence-electron chi connectivity index (χ3n) is 6.47. The van der Waals surface area contributed by atoms with Gasteiger partial charge < -0.3 is 5.32 Å². The average Bonchev–Trinajstić information content (AvgIpc) is 3.33. The van der Waals surface area contributed by atoms with Crippen LogP contribution in [0.1, 0.15) is 16.7 Å². The Bertz CT molecular complexity index is 1570. The van der Waals surface area contributed by atoms with E-state index in [1.165, 1.54) is 36.4 Å². The first-order valence-electron chi connectivity index (χ1n) is 11.9. The molecule has 0 saturated carbocycles. The normalized spacial score (nSPS) is 15.2. The quantitative estimate of drug-likeness (QED) is 0.338. The number of nitrogens with zero attached hydrogens (tertiary/aromatic N) is 1. The number of benzene rings is 4. The van der Waals surface area contributed by atoms with Crippen LogP contribution in [-0.2, 0) is 34.0 Å². The second kappa shape index (κ2) is 9.98. The molecule has 4 aromatic carbocycles. The number of hydrogen-bond acceptors (Lipinski definition) is 3. The zero-order chi connectivity index (χ0) is 26.9. The van der Waals surface area contributed by atoms with Crippen molar-refractivity contribution in [1.82, 2.24) is 5.32 Å². The van der Waals surface area contributed by atoms with Crippen LogP contribution in [0.25, 0.3) is 11.1 Å². The summed E-state index contributed by atoms with van der Waals surface area (Å²) < 4.78 is 68.2. The maximum Gasteiger partial charge on any atom is 0.416 e. The number of anilines is 1. The lowest BCUT2D eigenvalue weighted by molar-refractivity contribution is -0.137. The van der Waals surface area contributed by atoms with Crippen molar-refractivity contribution in [3.05, 3.63) is 120 Å². The van der Waals surface area contributed by atoms with Gasteiger partial charge in [0.05, 0.1) is 16.1 Å². The first-order chi connectivity index (χ1) is 18.1. The van der Waals surface area contributed by atoms with E-state index in [1.807, 2.05) is 30.3 Å². The Morgan fingerprint density at radius 2 is 1.53 bits per heavy atom. The van der Waals surface area contributed by atoms with E-state index in [2.05, 4.69) is 5.32 Å². The van der Waals surface area contributed by atoms with Crippen LogP contribution in [0.3, 0.4) is 0 Å². The highest BCUT2D eigenvalue weighted by Gasteiger charge is 2.42. The summed E-state index contributed by atoms with van der Waals surface area (Å²) in [5.74, 6) is -0.422. The fraction of sp³-hybridized carbons (Fsp3) is 0.138. The Balaban J connectivity index is 1.44. The highest BCUT2D eigenvalue weighted by atomic mass is 32.2. The third-order valence-corrected chi connectivity index (χ3v) is 8.31. The second-order valence-electron chi connectivity index (χ2n) is 8.96. The van der Waals surface area contributed by atoms with Gasteiger partial charge in [-0.2, -0.15) is 13.2 Å². The van der Waals surface area contributed by atoms with Crippen LogP contribution in [-0.4, -0.2) is 20.4 Å². The summed E-state index contributed by atoms with van der Waals surface area (Å²) >= 11 is 0. The maximum absolute atomic E-state index is 13.8. The van der Waals surface area contributed by atoms with Gasteiger partial charge in [0.15, 0.2) is 0 Å². The number of nitrogens with one attached hydrogen (secondary N) is 1. The fourth-order valence-electron chi connectivity index (χ4n) is 4.56. The first kappa shape index (κ1) is 25.5. The minimum atomic E-state index is -4.49. The summed E-state index contributed by atoms with van der Waals surface area (Å²) in [6.07, 6.45) is -4.27. The fourth-order valence-corrected chi connectivity index (χ4v) is 6.21. The predicted molar refractivity (Wildman–Crippen MR) is 139 cm³/mol. The number of fused-ring (bicyclic) bond motifs is 1. The minimum Gasteiger partial charge on any atom is -0.350 e. The molecule has 1 aliphatic rings. The molecule has 1 heterocycles. The van der Waals surface area contributed by atoms with Gasteiger partial charge in [-0.25, -0.2) is 8.42 Å². The molecule has 4 aromatic rings. The van der Waals surface area contributed by atoms with Crippen molar-refractivity contribution in [3.8, 4) is 11.1 Å². The van der Waals surface area contributed by atoms with Gasteiger partial charge in [-0.15, -0.1) is 0 Å². The average molecular weight is 537 g/mol. The van der Waals surface area contributed by atoms with Crippen molar-refractivity contribution in [2.45, 2.75) is 30.1 Å². The van der Waals surface area contributed by atoms with Crippen molar-refractivity contribution in [3.63, 3.8) is 0 Å². The predicted octanol–water partition coefficient (Wildman–Crippen LogP) is 5.81. The molecule has 1 aliphatic heterocycles. The lowest BCUT2D eigenvalue weighted by atomic mass is 10.0. The number of carbonyl (C=O) groups excluding carboxylic acids is 1. The Hall–Kier alpha value is -4.11. The largest absolute Gasteiger partial charge is 0.416 e. The summed E-state index contributed by atoms with van der Waals surface area (Å²) in [6, 6.07) is 25.8. The molecule has 194 valence electrons. The van der Waals surface area contributed by atoms with Gasteiger partial charge in [0.1, 0.15) is 6.04 Å². The number of rotatable bonds is 6. The molecule has 0 spiro atoms. The number of sulfonamides is 1. The summed E-state index contributed by atoms with van der Waals surface area (Å²) in [7, 11) is -4.17. The van der Waals surface area contributed by atoms with E-state index in [1.54, 1.807) is 24.3 Å². The van der Waals surface area contributed by atoms with Gasteiger partial charge in [-0.1, -0.05) is 72.8 Å². The van der Waals surface area contributed by atoms with E-state index in [4.69, 9.17) is 0 Å². The monoisotopic (exact) mass is 536 g/mol. The molecule has 0 aromatic heterocycles. The van der Waals surface area contributed by atoms with Crippen molar-refractivity contribution in [2.24, 2.45) is 0 Å². The van der Waals surface area contributed by atoms with E-state index >= 15 is 0 Å². The number of halogens is 3. The van der Waals surface area contributed by atoms with E-state index < -0.39 is 33.7 Å². The Morgan fingerprint density at radius 1 is 0.842 bits per heavy atom. The topological polar surface area (TPSA) is 66.5 Å². The molecular weight excluding hydrogens is 513 g/mol.